The number of rotatable bonds is 4. The number of carboxylic acid groups (broad SMARTS) is 1. The Hall–Kier alpha value is -1.81. The third-order valence-corrected chi connectivity index (χ3v) is 3.83. The van der Waals surface area contributed by atoms with E-state index in [1.165, 1.54) is 0 Å². The molecule has 3 nitrogen and oxygen atoms in total. The highest BCUT2D eigenvalue weighted by molar-refractivity contribution is 9.10. The van der Waals surface area contributed by atoms with E-state index in [0.717, 1.165) is 11.1 Å². The zero-order valence-corrected chi connectivity index (χ0v) is 12.0. The summed E-state index contributed by atoms with van der Waals surface area (Å²) in [6.07, 6.45) is 0. The summed E-state index contributed by atoms with van der Waals surface area (Å²) in [5.41, 5.74) is 2.10. The molecule has 0 radical (unpaired) electrons. The molecule has 0 aliphatic rings. The van der Waals surface area contributed by atoms with E-state index in [4.69, 9.17) is 9.84 Å². The first-order valence-electron chi connectivity index (χ1n) is 5.78. The van der Waals surface area contributed by atoms with Gasteiger partial charge in [0.1, 0.15) is 12.4 Å². The summed E-state index contributed by atoms with van der Waals surface area (Å²) in [7, 11) is 0. The molecule has 2 rings (SSSR count). The Morgan fingerprint density at radius 2 is 1.89 bits per heavy atom. The number of carbonyl (C=O) groups is 1. The average Bonchev–Trinajstić information content (AvgIpc) is 2.41. The summed E-state index contributed by atoms with van der Waals surface area (Å²) < 4.78 is 6.28. The zero-order chi connectivity index (χ0) is 13.8. The number of hydrogen-bond donors (Lipinski definition) is 1. The summed E-state index contributed by atoms with van der Waals surface area (Å²) in [6.45, 7) is 2.29. The van der Waals surface area contributed by atoms with E-state index in [9.17, 15) is 4.79 Å². The second-order valence-corrected chi connectivity index (χ2v) is 4.92. The number of ether oxygens (including phenoxy) is 1. The maximum atomic E-state index is 11.0. The van der Waals surface area contributed by atoms with Crippen molar-refractivity contribution in [1.29, 1.82) is 0 Å². The predicted molar refractivity (Wildman–Crippen MR) is 76.6 cm³/mol. The van der Waals surface area contributed by atoms with Gasteiger partial charge in [-0.1, -0.05) is 30.3 Å². The Morgan fingerprint density at radius 1 is 1.21 bits per heavy atom. The molecule has 0 aromatic heterocycles. The highest BCUT2D eigenvalue weighted by Crippen LogP contribution is 2.30. The van der Waals surface area contributed by atoms with E-state index in [1.807, 2.05) is 37.3 Å². The van der Waals surface area contributed by atoms with Crippen molar-refractivity contribution in [2.24, 2.45) is 0 Å². The Labute approximate surface area is 120 Å². The van der Waals surface area contributed by atoms with E-state index in [2.05, 4.69) is 15.9 Å². The van der Waals surface area contributed by atoms with Crippen molar-refractivity contribution in [1.82, 2.24) is 0 Å². The quantitative estimate of drug-likeness (QED) is 0.924. The summed E-state index contributed by atoms with van der Waals surface area (Å²) >= 11 is 3.30. The molecule has 0 amide bonds. The van der Waals surface area contributed by atoms with Crippen molar-refractivity contribution < 1.29 is 14.6 Å². The maximum Gasteiger partial charge on any atom is 0.336 e. The SMILES string of the molecule is Cc1c(OCc2ccccc2)ccc(C(=O)O)c1Br. The molecule has 0 saturated heterocycles. The molecule has 0 unspecified atom stereocenters. The van der Waals surface area contributed by atoms with Crippen LogP contribution in [-0.2, 0) is 6.61 Å². The maximum absolute atomic E-state index is 11.0. The van der Waals surface area contributed by atoms with Crippen LogP contribution in [0.1, 0.15) is 21.5 Å². The minimum atomic E-state index is -0.954. The molecule has 0 spiro atoms. The van der Waals surface area contributed by atoms with Crippen molar-refractivity contribution in [3.05, 3.63) is 63.6 Å². The van der Waals surface area contributed by atoms with Gasteiger partial charge in [0.05, 0.1) is 5.56 Å². The summed E-state index contributed by atoms with van der Waals surface area (Å²) in [6, 6.07) is 13.1. The minimum Gasteiger partial charge on any atom is -0.489 e. The van der Waals surface area contributed by atoms with Crippen molar-refractivity contribution in [2.75, 3.05) is 0 Å². The van der Waals surface area contributed by atoms with E-state index in [0.29, 0.717) is 16.8 Å². The Bertz CT molecular complexity index is 594. The van der Waals surface area contributed by atoms with Crippen LogP contribution in [0.15, 0.2) is 46.9 Å². The molecule has 2 aromatic rings. The van der Waals surface area contributed by atoms with Gasteiger partial charge in [-0.25, -0.2) is 4.79 Å². The summed E-state index contributed by atoms with van der Waals surface area (Å²) in [4.78, 5) is 11.0. The van der Waals surface area contributed by atoms with Crippen LogP contribution in [0.3, 0.4) is 0 Å². The lowest BCUT2D eigenvalue weighted by Gasteiger charge is -2.12. The van der Waals surface area contributed by atoms with Gasteiger partial charge in [0.15, 0.2) is 0 Å². The van der Waals surface area contributed by atoms with E-state index in [1.54, 1.807) is 12.1 Å². The molecular weight excluding hydrogens is 308 g/mol. The van der Waals surface area contributed by atoms with Gasteiger partial charge in [0.25, 0.3) is 0 Å². The molecule has 98 valence electrons. The molecular formula is C15H13BrO3. The standard InChI is InChI=1S/C15H13BrO3/c1-10-13(8-7-12(14(10)16)15(17)18)19-9-11-5-3-2-4-6-11/h2-8H,9H2,1H3,(H,17,18). The van der Waals surface area contributed by atoms with Gasteiger partial charge in [-0.3, -0.25) is 0 Å². The third-order valence-electron chi connectivity index (χ3n) is 2.80. The summed E-state index contributed by atoms with van der Waals surface area (Å²) in [5, 5.41) is 9.02. The molecule has 0 heterocycles. The molecule has 0 aliphatic heterocycles. The fraction of sp³-hybridized carbons (Fsp3) is 0.133. The van der Waals surface area contributed by atoms with E-state index in [-0.39, 0.29) is 5.56 Å². The molecule has 0 fully saturated rings. The van der Waals surface area contributed by atoms with Gasteiger partial charge >= 0.3 is 5.97 Å². The number of aromatic carboxylic acids is 1. The van der Waals surface area contributed by atoms with Crippen molar-refractivity contribution in [2.45, 2.75) is 13.5 Å². The van der Waals surface area contributed by atoms with Crippen LogP contribution in [0.2, 0.25) is 0 Å². The smallest absolute Gasteiger partial charge is 0.336 e. The topological polar surface area (TPSA) is 46.5 Å². The highest BCUT2D eigenvalue weighted by atomic mass is 79.9. The fourth-order valence-electron chi connectivity index (χ4n) is 1.72. The molecule has 0 aliphatic carbocycles. The third kappa shape index (κ3) is 3.15. The average molecular weight is 321 g/mol. The van der Waals surface area contributed by atoms with Crippen LogP contribution in [0.25, 0.3) is 0 Å². The Balaban J connectivity index is 2.18. The van der Waals surface area contributed by atoms with Crippen molar-refractivity contribution >= 4 is 21.9 Å². The van der Waals surface area contributed by atoms with Crippen molar-refractivity contribution in [3.8, 4) is 5.75 Å². The normalized spacial score (nSPS) is 10.2. The lowest BCUT2D eigenvalue weighted by Crippen LogP contribution is -2.02. The predicted octanol–water partition coefficient (Wildman–Crippen LogP) is 4.03. The van der Waals surface area contributed by atoms with Crippen LogP contribution >= 0.6 is 15.9 Å². The molecule has 0 atom stereocenters. The summed E-state index contributed by atoms with van der Waals surface area (Å²) in [5.74, 6) is -0.273. The second-order valence-electron chi connectivity index (χ2n) is 4.13. The van der Waals surface area contributed by atoms with Crippen LogP contribution in [0, 0.1) is 6.92 Å². The molecule has 1 N–H and O–H groups in total. The van der Waals surface area contributed by atoms with Gasteiger partial charge < -0.3 is 9.84 Å². The van der Waals surface area contributed by atoms with Crippen LogP contribution in [0.4, 0.5) is 0 Å². The molecule has 0 saturated carbocycles. The zero-order valence-electron chi connectivity index (χ0n) is 10.4. The lowest BCUT2D eigenvalue weighted by molar-refractivity contribution is 0.0695. The molecule has 4 heteroatoms. The van der Waals surface area contributed by atoms with E-state index >= 15 is 0 Å². The Morgan fingerprint density at radius 3 is 2.53 bits per heavy atom. The minimum absolute atomic E-state index is 0.240. The second kappa shape index (κ2) is 5.89. The van der Waals surface area contributed by atoms with Gasteiger partial charge in [-0.05, 0) is 40.5 Å². The van der Waals surface area contributed by atoms with Gasteiger partial charge in [0, 0.05) is 10.0 Å². The molecule has 0 bridgehead atoms. The first kappa shape index (κ1) is 13.6. The first-order chi connectivity index (χ1) is 9.09. The number of halogens is 1. The lowest BCUT2D eigenvalue weighted by atomic mass is 10.1. The van der Waals surface area contributed by atoms with E-state index < -0.39 is 5.97 Å². The van der Waals surface area contributed by atoms with Gasteiger partial charge in [-0.15, -0.1) is 0 Å². The van der Waals surface area contributed by atoms with Gasteiger partial charge in [-0.2, -0.15) is 0 Å². The van der Waals surface area contributed by atoms with Crippen molar-refractivity contribution in [3.63, 3.8) is 0 Å². The van der Waals surface area contributed by atoms with Crippen LogP contribution in [0.5, 0.6) is 5.75 Å². The fourth-order valence-corrected chi connectivity index (χ4v) is 2.22. The monoisotopic (exact) mass is 320 g/mol. The number of benzene rings is 2. The highest BCUT2D eigenvalue weighted by Gasteiger charge is 2.13. The molecule has 19 heavy (non-hydrogen) atoms. The van der Waals surface area contributed by atoms with Crippen LogP contribution < -0.4 is 4.74 Å². The first-order valence-corrected chi connectivity index (χ1v) is 6.58. The Kier molecular flexibility index (Phi) is 4.22. The van der Waals surface area contributed by atoms with Crippen LogP contribution in [-0.4, -0.2) is 11.1 Å². The largest absolute Gasteiger partial charge is 0.489 e. The van der Waals surface area contributed by atoms with Gasteiger partial charge in [0.2, 0.25) is 0 Å². The number of hydrogen-bond acceptors (Lipinski definition) is 2. The number of carboxylic acids is 1. The molecule has 2 aromatic carbocycles.